The Morgan fingerprint density at radius 1 is 1.04 bits per heavy atom. The molecule has 0 saturated heterocycles. The summed E-state index contributed by atoms with van der Waals surface area (Å²) >= 11 is 0. The Bertz CT molecular complexity index is 828. The van der Waals surface area contributed by atoms with Crippen LogP contribution in [-0.4, -0.2) is 11.8 Å². The summed E-state index contributed by atoms with van der Waals surface area (Å²) in [6.07, 6.45) is 0. The number of benzene rings is 2. The molecule has 0 bridgehead atoms. The number of Topliss-reactive ketones (excluding diaryl/α,β-unsaturated/α-hetero) is 1. The van der Waals surface area contributed by atoms with Gasteiger partial charge in [0.2, 0.25) is 5.78 Å². The molecule has 3 rings (SSSR count). The van der Waals surface area contributed by atoms with E-state index in [1.54, 1.807) is 43.3 Å². The molecule has 0 saturated carbocycles. The number of allylic oxidation sites excluding steroid dienone is 2. The molecule has 1 heterocycles. The summed E-state index contributed by atoms with van der Waals surface area (Å²) in [5.74, 6) is 0.615. The van der Waals surface area contributed by atoms with Crippen LogP contribution in [0.3, 0.4) is 0 Å². The second-order valence-corrected chi connectivity index (χ2v) is 5.58. The number of rotatable bonds is 2. The number of hydrogen-bond donors (Lipinski definition) is 0. The smallest absolute Gasteiger partial charge is 0.343 e. The van der Waals surface area contributed by atoms with Crippen LogP contribution in [0.15, 0.2) is 53.8 Å². The molecule has 116 valence electrons. The first-order chi connectivity index (χ1) is 11.0. The highest BCUT2D eigenvalue weighted by Crippen LogP contribution is 2.39. The van der Waals surface area contributed by atoms with Gasteiger partial charge in [0.25, 0.3) is 0 Å². The standard InChI is InChI=1S/C19H16O4/c1-11(2)17-16(20)14-9-10-15(12(3)18(14)23-17)22-19(21)13-7-5-4-6-8-13/h4-10H,1-3H3. The third kappa shape index (κ3) is 2.63. The van der Waals surface area contributed by atoms with E-state index < -0.39 is 5.97 Å². The number of carbonyl (C=O) groups is 2. The molecule has 0 unspecified atom stereocenters. The van der Waals surface area contributed by atoms with Gasteiger partial charge in [0.15, 0.2) is 5.76 Å². The first-order valence-corrected chi connectivity index (χ1v) is 7.30. The van der Waals surface area contributed by atoms with Crippen molar-refractivity contribution in [2.45, 2.75) is 20.8 Å². The van der Waals surface area contributed by atoms with Crippen LogP contribution in [0.1, 0.15) is 40.1 Å². The molecule has 0 radical (unpaired) electrons. The highest BCUT2D eigenvalue weighted by molar-refractivity contribution is 6.13. The first kappa shape index (κ1) is 15.0. The summed E-state index contributed by atoms with van der Waals surface area (Å²) in [6, 6.07) is 12.0. The summed E-state index contributed by atoms with van der Waals surface area (Å²) in [6.45, 7) is 5.42. The van der Waals surface area contributed by atoms with Crippen LogP contribution in [0.25, 0.3) is 0 Å². The maximum atomic E-state index is 12.3. The van der Waals surface area contributed by atoms with Crippen molar-refractivity contribution in [3.63, 3.8) is 0 Å². The molecule has 23 heavy (non-hydrogen) atoms. The van der Waals surface area contributed by atoms with Gasteiger partial charge >= 0.3 is 5.97 Å². The molecule has 2 aromatic carbocycles. The van der Waals surface area contributed by atoms with Crippen LogP contribution in [-0.2, 0) is 0 Å². The van der Waals surface area contributed by atoms with Crippen LogP contribution in [0, 0.1) is 6.92 Å². The summed E-state index contributed by atoms with van der Waals surface area (Å²) in [4.78, 5) is 24.4. The van der Waals surface area contributed by atoms with Gasteiger partial charge in [-0.1, -0.05) is 18.2 Å². The Labute approximate surface area is 134 Å². The second-order valence-electron chi connectivity index (χ2n) is 5.58. The Balaban J connectivity index is 1.93. The van der Waals surface area contributed by atoms with Crippen LogP contribution in [0.4, 0.5) is 0 Å². The van der Waals surface area contributed by atoms with Gasteiger partial charge in [0.05, 0.1) is 11.1 Å². The highest BCUT2D eigenvalue weighted by atomic mass is 16.5. The van der Waals surface area contributed by atoms with E-state index in [0.29, 0.717) is 33.9 Å². The van der Waals surface area contributed by atoms with Crippen LogP contribution < -0.4 is 9.47 Å². The molecule has 0 aliphatic carbocycles. The molecule has 1 aliphatic rings. The Morgan fingerprint density at radius 3 is 2.39 bits per heavy atom. The molecule has 2 aromatic rings. The lowest BCUT2D eigenvalue weighted by Crippen LogP contribution is -2.09. The maximum Gasteiger partial charge on any atom is 0.343 e. The maximum absolute atomic E-state index is 12.3. The van der Waals surface area contributed by atoms with Crippen molar-refractivity contribution in [1.82, 2.24) is 0 Å². The average molecular weight is 308 g/mol. The Morgan fingerprint density at radius 2 is 1.74 bits per heavy atom. The van der Waals surface area contributed by atoms with Gasteiger partial charge in [-0.15, -0.1) is 0 Å². The lowest BCUT2D eigenvalue weighted by molar-refractivity contribution is 0.0733. The lowest BCUT2D eigenvalue weighted by atomic mass is 10.1. The molecule has 0 aromatic heterocycles. The van der Waals surface area contributed by atoms with Crippen LogP contribution in [0.2, 0.25) is 0 Å². The number of ketones is 1. The second kappa shape index (κ2) is 5.72. The quantitative estimate of drug-likeness (QED) is 0.476. The third-order valence-corrected chi connectivity index (χ3v) is 3.68. The van der Waals surface area contributed by atoms with E-state index in [0.717, 1.165) is 5.57 Å². The van der Waals surface area contributed by atoms with E-state index in [1.165, 1.54) is 0 Å². The predicted molar refractivity (Wildman–Crippen MR) is 85.9 cm³/mol. The Kier molecular flexibility index (Phi) is 3.74. The zero-order chi connectivity index (χ0) is 16.6. The van der Waals surface area contributed by atoms with Crippen molar-refractivity contribution in [3.8, 4) is 11.5 Å². The number of esters is 1. The minimum Gasteiger partial charge on any atom is -0.452 e. The molecule has 4 heteroatoms. The SMILES string of the molecule is CC(C)=C1Oc2c(ccc(OC(=O)c3ccccc3)c2C)C1=O. The lowest BCUT2D eigenvalue weighted by Gasteiger charge is -2.10. The first-order valence-electron chi connectivity index (χ1n) is 7.30. The van der Waals surface area contributed by atoms with Crippen molar-refractivity contribution in [3.05, 3.63) is 70.5 Å². The summed E-state index contributed by atoms with van der Waals surface area (Å²) in [7, 11) is 0. The molecule has 0 fully saturated rings. The fourth-order valence-corrected chi connectivity index (χ4v) is 2.43. The monoisotopic (exact) mass is 308 g/mol. The van der Waals surface area contributed by atoms with E-state index in [-0.39, 0.29) is 5.78 Å². The van der Waals surface area contributed by atoms with E-state index in [4.69, 9.17) is 9.47 Å². The number of hydrogen-bond acceptors (Lipinski definition) is 4. The molecular formula is C19H16O4. The zero-order valence-electron chi connectivity index (χ0n) is 13.2. The van der Waals surface area contributed by atoms with Gasteiger partial charge in [-0.05, 0) is 50.6 Å². The van der Waals surface area contributed by atoms with E-state index >= 15 is 0 Å². The van der Waals surface area contributed by atoms with Gasteiger partial charge in [0.1, 0.15) is 11.5 Å². The fraction of sp³-hybridized carbons (Fsp3) is 0.158. The van der Waals surface area contributed by atoms with Crippen molar-refractivity contribution in [2.75, 3.05) is 0 Å². The normalized spacial score (nSPS) is 12.7. The van der Waals surface area contributed by atoms with Crippen LogP contribution in [0.5, 0.6) is 11.5 Å². The number of carbonyl (C=O) groups excluding carboxylic acids is 2. The van der Waals surface area contributed by atoms with E-state index in [2.05, 4.69) is 0 Å². The number of ether oxygens (including phenoxy) is 2. The molecule has 1 aliphatic heterocycles. The van der Waals surface area contributed by atoms with Crippen molar-refractivity contribution >= 4 is 11.8 Å². The molecule has 4 nitrogen and oxygen atoms in total. The van der Waals surface area contributed by atoms with Crippen molar-refractivity contribution in [2.24, 2.45) is 0 Å². The highest BCUT2D eigenvalue weighted by Gasteiger charge is 2.31. The topological polar surface area (TPSA) is 52.6 Å². The fourth-order valence-electron chi connectivity index (χ4n) is 2.43. The zero-order valence-corrected chi connectivity index (χ0v) is 13.2. The third-order valence-electron chi connectivity index (χ3n) is 3.68. The van der Waals surface area contributed by atoms with Gasteiger partial charge in [-0.25, -0.2) is 4.79 Å². The molecule has 0 spiro atoms. The number of fused-ring (bicyclic) bond motifs is 1. The molecule has 0 N–H and O–H groups in total. The van der Waals surface area contributed by atoms with Gasteiger partial charge in [-0.2, -0.15) is 0 Å². The minimum absolute atomic E-state index is 0.135. The summed E-state index contributed by atoms with van der Waals surface area (Å²) < 4.78 is 11.1. The van der Waals surface area contributed by atoms with E-state index in [9.17, 15) is 9.59 Å². The van der Waals surface area contributed by atoms with Crippen molar-refractivity contribution in [1.29, 1.82) is 0 Å². The predicted octanol–water partition coefficient (Wildman–Crippen LogP) is 4.08. The van der Waals surface area contributed by atoms with Gasteiger partial charge < -0.3 is 9.47 Å². The summed E-state index contributed by atoms with van der Waals surface area (Å²) in [5.41, 5.74) is 2.41. The largest absolute Gasteiger partial charge is 0.452 e. The average Bonchev–Trinajstić information content (AvgIpc) is 2.89. The van der Waals surface area contributed by atoms with Crippen LogP contribution >= 0.6 is 0 Å². The van der Waals surface area contributed by atoms with E-state index in [1.807, 2.05) is 19.9 Å². The minimum atomic E-state index is -0.444. The molecule has 0 atom stereocenters. The van der Waals surface area contributed by atoms with Gasteiger partial charge in [-0.3, -0.25) is 4.79 Å². The Hall–Kier alpha value is -2.88. The molecular weight excluding hydrogens is 292 g/mol. The van der Waals surface area contributed by atoms with Crippen molar-refractivity contribution < 1.29 is 19.1 Å². The molecule has 0 amide bonds. The van der Waals surface area contributed by atoms with Gasteiger partial charge in [0, 0.05) is 5.56 Å². The summed E-state index contributed by atoms with van der Waals surface area (Å²) in [5, 5.41) is 0.